The van der Waals surface area contributed by atoms with E-state index in [4.69, 9.17) is 0 Å². The fourth-order valence-corrected chi connectivity index (χ4v) is 4.59. The number of amides is 1. The number of benzene rings is 1. The molecule has 0 atom stereocenters. The van der Waals surface area contributed by atoms with Crippen LogP contribution in [0.25, 0.3) is 5.69 Å². The van der Waals surface area contributed by atoms with E-state index < -0.39 is 11.7 Å². The van der Waals surface area contributed by atoms with Gasteiger partial charge in [-0.2, -0.15) is 18.3 Å². The summed E-state index contributed by atoms with van der Waals surface area (Å²) in [4.78, 5) is 19.9. The van der Waals surface area contributed by atoms with Gasteiger partial charge in [0, 0.05) is 31.7 Å². The van der Waals surface area contributed by atoms with Crippen molar-refractivity contribution in [2.75, 3.05) is 18.0 Å². The lowest BCUT2D eigenvalue weighted by Crippen LogP contribution is -2.25. The monoisotopic (exact) mass is 483 g/mol. The Morgan fingerprint density at radius 1 is 1.03 bits per heavy atom. The summed E-state index contributed by atoms with van der Waals surface area (Å²) in [5.41, 5.74) is 1.51. The van der Waals surface area contributed by atoms with Crippen LogP contribution >= 0.6 is 0 Å². The van der Waals surface area contributed by atoms with Gasteiger partial charge in [0.15, 0.2) is 0 Å². The van der Waals surface area contributed by atoms with Crippen LogP contribution in [0.1, 0.15) is 71.6 Å². The van der Waals surface area contributed by atoms with Crippen LogP contribution in [0.2, 0.25) is 0 Å². The van der Waals surface area contributed by atoms with E-state index in [1.165, 1.54) is 42.6 Å². The number of halogens is 3. The SMILES string of the molecule is O=C(NCc1ccc(N2CCCCCC2)nc1)c1cnn(-c2cccc(C(F)(F)F)c2)c1C1CC1. The zero-order valence-electron chi connectivity index (χ0n) is 19.4. The summed E-state index contributed by atoms with van der Waals surface area (Å²) >= 11 is 0. The molecule has 3 aromatic rings. The zero-order chi connectivity index (χ0) is 24.4. The second kappa shape index (κ2) is 9.71. The summed E-state index contributed by atoms with van der Waals surface area (Å²) < 4.78 is 41.1. The highest BCUT2D eigenvalue weighted by atomic mass is 19.4. The lowest BCUT2D eigenvalue weighted by molar-refractivity contribution is -0.137. The second-order valence-electron chi connectivity index (χ2n) is 9.29. The van der Waals surface area contributed by atoms with E-state index >= 15 is 0 Å². The normalized spacial score (nSPS) is 16.7. The first-order valence-corrected chi connectivity index (χ1v) is 12.1. The molecule has 1 aromatic carbocycles. The number of pyridine rings is 1. The minimum atomic E-state index is -4.44. The summed E-state index contributed by atoms with van der Waals surface area (Å²) in [5.74, 6) is 0.782. The molecule has 1 saturated heterocycles. The highest BCUT2D eigenvalue weighted by Crippen LogP contribution is 2.43. The Morgan fingerprint density at radius 3 is 2.46 bits per heavy atom. The largest absolute Gasteiger partial charge is 0.416 e. The van der Waals surface area contributed by atoms with Crippen LogP contribution in [0, 0.1) is 0 Å². The fraction of sp³-hybridized carbons (Fsp3) is 0.423. The van der Waals surface area contributed by atoms with Crippen molar-refractivity contribution in [1.29, 1.82) is 0 Å². The van der Waals surface area contributed by atoms with Crippen molar-refractivity contribution in [3.05, 3.63) is 71.2 Å². The van der Waals surface area contributed by atoms with Crippen LogP contribution in [0.3, 0.4) is 0 Å². The molecule has 0 bridgehead atoms. The van der Waals surface area contributed by atoms with Gasteiger partial charge >= 0.3 is 6.18 Å². The van der Waals surface area contributed by atoms with Crippen LogP contribution in [0.4, 0.5) is 19.0 Å². The van der Waals surface area contributed by atoms with Crippen LogP contribution < -0.4 is 10.2 Å². The predicted octanol–water partition coefficient (Wildman–Crippen LogP) is 5.47. The third-order valence-corrected chi connectivity index (χ3v) is 6.63. The van der Waals surface area contributed by atoms with E-state index in [9.17, 15) is 18.0 Å². The molecular formula is C26H28F3N5O. The summed E-state index contributed by atoms with van der Waals surface area (Å²) in [6, 6.07) is 9.00. The van der Waals surface area contributed by atoms with Crippen molar-refractivity contribution in [2.45, 2.75) is 57.2 Å². The molecule has 9 heteroatoms. The molecule has 1 amide bonds. The Kier molecular flexibility index (Phi) is 6.49. The molecular weight excluding hydrogens is 455 g/mol. The van der Waals surface area contributed by atoms with Gasteiger partial charge in [0.1, 0.15) is 5.82 Å². The highest BCUT2D eigenvalue weighted by Gasteiger charge is 2.34. The van der Waals surface area contributed by atoms with E-state index in [1.54, 1.807) is 12.3 Å². The van der Waals surface area contributed by atoms with E-state index in [1.807, 2.05) is 12.1 Å². The summed E-state index contributed by atoms with van der Waals surface area (Å²) in [6.45, 7) is 2.34. The number of nitrogens with one attached hydrogen (secondary N) is 1. The van der Waals surface area contributed by atoms with Gasteiger partial charge in [0.25, 0.3) is 5.91 Å². The second-order valence-corrected chi connectivity index (χ2v) is 9.29. The molecule has 6 nitrogen and oxygen atoms in total. The summed E-state index contributed by atoms with van der Waals surface area (Å²) in [5, 5.41) is 7.21. The van der Waals surface area contributed by atoms with Crippen molar-refractivity contribution >= 4 is 11.7 Å². The number of carbonyl (C=O) groups is 1. The molecule has 5 rings (SSSR count). The van der Waals surface area contributed by atoms with E-state index in [0.29, 0.717) is 23.5 Å². The van der Waals surface area contributed by atoms with Gasteiger partial charge in [-0.3, -0.25) is 4.79 Å². The van der Waals surface area contributed by atoms with Gasteiger partial charge in [-0.25, -0.2) is 9.67 Å². The van der Waals surface area contributed by atoms with Gasteiger partial charge in [0.05, 0.1) is 28.7 Å². The maximum Gasteiger partial charge on any atom is 0.416 e. The molecule has 1 aliphatic heterocycles. The first kappa shape index (κ1) is 23.4. The number of carbonyl (C=O) groups excluding carboxylic acids is 1. The molecule has 184 valence electrons. The van der Waals surface area contributed by atoms with Crippen LogP contribution in [0.5, 0.6) is 0 Å². The topological polar surface area (TPSA) is 63.1 Å². The van der Waals surface area contributed by atoms with Crippen molar-refractivity contribution in [3.8, 4) is 5.69 Å². The average Bonchev–Trinajstić information content (AvgIpc) is 3.65. The van der Waals surface area contributed by atoms with Crippen LogP contribution in [-0.2, 0) is 12.7 Å². The van der Waals surface area contributed by atoms with Crippen molar-refractivity contribution in [2.24, 2.45) is 0 Å². The Labute approximate surface area is 202 Å². The Balaban J connectivity index is 1.29. The van der Waals surface area contributed by atoms with Crippen molar-refractivity contribution < 1.29 is 18.0 Å². The van der Waals surface area contributed by atoms with E-state index in [2.05, 4.69) is 20.3 Å². The minimum absolute atomic E-state index is 0.113. The number of rotatable bonds is 6. The lowest BCUT2D eigenvalue weighted by atomic mass is 10.1. The molecule has 0 spiro atoms. The third-order valence-electron chi connectivity index (χ3n) is 6.63. The summed E-state index contributed by atoms with van der Waals surface area (Å²) in [7, 11) is 0. The van der Waals surface area contributed by atoms with Gasteiger partial charge in [-0.1, -0.05) is 25.0 Å². The number of alkyl halides is 3. The molecule has 1 saturated carbocycles. The molecule has 0 radical (unpaired) electrons. The number of hydrogen-bond donors (Lipinski definition) is 1. The van der Waals surface area contributed by atoms with E-state index in [0.717, 1.165) is 49.4 Å². The molecule has 2 aliphatic rings. The smallest absolute Gasteiger partial charge is 0.357 e. The molecule has 1 N–H and O–H groups in total. The molecule has 0 unspecified atom stereocenters. The van der Waals surface area contributed by atoms with Gasteiger partial charge < -0.3 is 10.2 Å². The predicted molar refractivity (Wildman–Crippen MR) is 127 cm³/mol. The van der Waals surface area contributed by atoms with Gasteiger partial charge in [0.2, 0.25) is 0 Å². The Bertz CT molecular complexity index is 1180. The fourth-order valence-electron chi connectivity index (χ4n) is 4.59. The first-order valence-electron chi connectivity index (χ1n) is 12.1. The molecule has 2 aromatic heterocycles. The van der Waals surface area contributed by atoms with Crippen molar-refractivity contribution in [3.63, 3.8) is 0 Å². The third kappa shape index (κ3) is 5.33. The van der Waals surface area contributed by atoms with Gasteiger partial charge in [-0.15, -0.1) is 0 Å². The van der Waals surface area contributed by atoms with Crippen LogP contribution in [-0.4, -0.2) is 33.8 Å². The number of nitrogens with zero attached hydrogens (tertiary/aromatic N) is 4. The van der Waals surface area contributed by atoms with E-state index in [-0.39, 0.29) is 11.8 Å². The Hall–Kier alpha value is -3.36. The highest BCUT2D eigenvalue weighted by molar-refractivity contribution is 5.95. The number of hydrogen-bond acceptors (Lipinski definition) is 4. The molecule has 35 heavy (non-hydrogen) atoms. The number of anilines is 1. The zero-order valence-corrected chi connectivity index (χ0v) is 19.4. The first-order chi connectivity index (χ1) is 16.9. The maximum atomic E-state index is 13.2. The van der Waals surface area contributed by atoms with Gasteiger partial charge in [-0.05, 0) is 55.5 Å². The van der Waals surface area contributed by atoms with Crippen LogP contribution in [0.15, 0.2) is 48.8 Å². The lowest BCUT2D eigenvalue weighted by Gasteiger charge is -2.21. The average molecular weight is 484 g/mol. The maximum absolute atomic E-state index is 13.2. The number of aromatic nitrogens is 3. The standard InChI is InChI=1S/C26H28F3N5O/c27-26(28,29)20-6-5-7-21(14-20)34-24(19-9-10-19)22(17-32-34)25(35)31-16-18-8-11-23(30-15-18)33-12-3-1-2-4-13-33/h5-8,11,14-15,17,19H,1-4,9-10,12-13,16H2,(H,31,35). The molecule has 2 fully saturated rings. The van der Waals surface area contributed by atoms with Crippen molar-refractivity contribution in [1.82, 2.24) is 20.1 Å². The molecule has 3 heterocycles. The summed E-state index contributed by atoms with van der Waals surface area (Å²) in [6.07, 6.45) is 5.42. The quantitative estimate of drug-likeness (QED) is 0.505. The minimum Gasteiger partial charge on any atom is -0.357 e. The Morgan fingerprint density at radius 2 is 1.80 bits per heavy atom. The molecule has 1 aliphatic carbocycles.